The van der Waals surface area contributed by atoms with E-state index in [4.69, 9.17) is 20.2 Å². The smallest absolute Gasteiger partial charge is 0.342 e. The van der Waals surface area contributed by atoms with Crippen molar-refractivity contribution in [2.24, 2.45) is 0 Å². The van der Waals surface area contributed by atoms with Crippen molar-refractivity contribution in [3.63, 3.8) is 0 Å². The van der Waals surface area contributed by atoms with E-state index in [1.54, 1.807) is 0 Å². The lowest BCUT2D eigenvalue weighted by Crippen LogP contribution is -2.12. The first-order chi connectivity index (χ1) is 10.9. The highest BCUT2D eigenvalue weighted by molar-refractivity contribution is 7.87. The first-order valence-electron chi connectivity index (χ1n) is 6.29. The lowest BCUT2D eigenvalue weighted by Gasteiger charge is -2.08. The predicted octanol–water partition coefficient (Wildman–Crippen LogP) is 3.35. The molecule has 3 rings (SSSR count). The molecule has 1 heterocycles. The zero-order chi connectivity index (χ0) is 16.6. The van der Waals surface area contributed by atoms with Gasteiger partial charge in [0, 0.05) is 17.5 Å². The number of fused-ring (bicyclic) bond motifs is 1. The number of rotatable bonds is 3. The molecule has 0 bridgehead atoms. The Hall–Kier alpha value is -2.38. The van der Waals surface area contributed by atoms with Crippen LogP contribution in [0.25, 0.3) is 11.0 Å². The molecule has 0 aliphatic carbocycles. The minimum absolute atomic E-state index is 0.119. The molecule has 0 aliphatic heterocycles. The second-order valence-corrected chi connectivity index (χ2v) is 6.47. The molecule has 0 atom stereocenters. The number of hydrogen-bond acceptors (Lipinski definition) is 5. The summed E-state index contributed by atoms with van der Waals surface area (Å²) in [6, 6.07) is 10.4. The summed E-state index contributed by atoms with van der Waals surface area (Å²) in [7, 11) is -4.42. The Kier molecular flexibility index (Phi) is 3.83. The van der Waals surface area contributed by atoms with Crippen LogP contribution in [0.2, 0.25) is 5.02 Å². The number of halogens is 2. The van der Waals surface area contributed by atoms with Gasteiger partial charge in [-0.15, -0.1) is 0 Å². The van der Waals surface area contributed by atoms with Crippen molar-refractivity contribution in [3.05, 3.63) is 69.8 Å². The van der Waals surface area contributed by atoms with E-state index in [0.29, 0.717) is 5.39 Å². The molecule has 0 radical (unpaired) electrons. The maximum Gasteiger partial charge on any atom is 0.342 e. The molecule has 0 aliphatic rings. The lowest BCUT2D eigenvalue weighted by molar-refractivity contribution is 0.476. The zero-order valence-electron chi connectivity index (χ0n) is 11.3. The molecule has 2 aromatic carbocycles. The van der Waals surface area contributed by atoms with Gasteiger partial charge >= 0.3 is 15.7 Å². The van der Waals surface area contributed by atoms with E-state index in [-0.39, 0.29) is 16.4 Å². The molecular formula is C15H8ClFO5S. The highest BCUT2D eigenvalue weighted by Gasteiger charge is 2.23. The molecule has 0 unspecified atom stereocenters. The molecule has 0 fully saturated rings. The van der Waals surface area contributed by atoms with Crippen molar-refractivity contribution in [1.82, 2.24) is 0 Å². The third kappa shape index (κ3) is 3.06. The van der Waals surface area contributed by atoms with Gasteiger partial charge in [-0.3, -0.25) is 0 Å². The predicted molar refractivity (Wildman–Crippen MR) is 81.7 cm³/mol. The Morgan fingerprint density at radius 3 is 2.61 bits per heavy atom. The molecule has 0 amide bonds. The van der Waals surface area contributed by atoms with Gasteiger partial charge in [0.25, 0.3) is 0 Å². The largest absolute Gasteiger partial charge is 0.423 e. The van der Waals surface area contributed by atoms with Crippen LogP contribution in [0.5, 0.6) is 5.75 Å². The highest BCUT2D eigenvalue weighted by Crippen LogP contribution is 2.26. The fourth-order valence-corrected chi connectivity index (χ4v) is 3.19. The molecule has 0 spiro atoms. The van der Waals surface area contributed by atoms with Crippen molar-refractivity contribution in [2.45, 2.75) is 4.90 Å². The average molecular weight is 355 g/mol. The van der Waals surface area contributed by atoms with Crippen LogP contribution in [0.15, 0.2) is 62.6 Å². The van der Waals surface area contributed by atoms with Crippen molar-refractivity contribution < 1.29 is 21.4 Å². The fourth-order valence-electron chi connectivity index (χ4n) is 1.94. The van der Waals surface area contributed by atoms with Crippen molar-refractivity contribution in [2.75, 3.05) is 0 Å². The highest BCUT2D eigenvalue weighted by atomic mass is 35.5. The van der Waals surface area contributed by atoms with Gasteiger partial charge < -0.3 is 8.60 Å². The van der Waals surface area contributed by atoms with Gasteiger partial charge in [0.05, 0.1) is 5.02 Å². The molecule has 0 saturated heterocycles. The van der Waals surface area contributed by atoms with Crippen LogP contribution in [0.4, 0.5) is 4.39 Å². The fraction of sp³-hybridized carbons (Fsp3) is 0. The Morgan fingerprint density at radius 1 is 1.09 bits per heavy atom. The van der Waals surface area contributed by atoms with Crippen LogP contribution >= 0.6 is 11.6 Å². The SMILES string of the molecule is O=c1ccc2ccc(OS(=O)(=O)c3cccc(Cl)c3F)cc2o1. The topological polar surface area (TPSA) is 73.6 Å². The van der Waals surface area contributed by atoms with Crippen molar-refractivity contribution >= 4 is 32.7 Å². The molecule has 8 heteroatoms. The third-order valence-electron chi connectivity index (χ3n) is 2.99. The maximum absolute atomic E-state index is 13.9. The van der Waals surface area contributed by atoms with Crippen LogP contribution in [0.1, 0.15) is 0 Å². The Morgan fingerprint density at radius 2 is 1.83 bits per heavy atom. The lowest BCUT2D eigenvalue weighted by atomic mass is 10.2. The summed E-state index contributed by atoms with van der Waals surface area (Å²) in [5.41, 5.74) is -0.435. The summed E-state index contributed by atoms with van der Waals surface area (Å²) < 4.78 is 48.0. The summed E-state index contributed by atoms with van der Waals surface area (Å²) >= 11 is 5.57. The number of hydrogen-bond donors (Lipinski definition) is 0. The molecule has 0 saturated carbocycles. The average Bonchev–Trinajstić information content (AvgIpc) is 2.49. The normalized spacial score (nSPS) is 11.6. The summed E-state index contributed by atoms with van der Waals surface area (Å²) in [4.78, 5) is 10.5. The van der Waals surface area contributed by atoms with Crippen LogP contribution in [-0.2, 0) is 10.1 Å². The summed E-state index contributed by atoms with van der Waals surface area (Å²) in [6.45, 7) is 0. The van der Waals surface area contributed by atoms with Crippen LogP contribution in [0.3, 0.4) is 0 Å². The van der Waals surface area contributed by atoms with Gasteiger partial charge in [-0.05, 0) is 30.3 Å². The van der Waals surface area contributed by atoms with Crippen molar-refractivity contribution in [1.29, 1.82) is 0 Å². The van der Waals surface area contributed by atoms with E-state index in [2.05, 4.69) is 0 Å². The first kappa shape index (κ1) is 15.5. The second-order valence-electron chi connectivity index (χ2n) is 4.54. The van der Waals surface area contributed by atoms with E-state index in [1.165, 1.54) is 42.5 Å². The summed E-state index contributed by atoms with van der Waals surface area (Å²) in [5.74, 6) is -1.22. The Bertz CT molecular complexity index is 1060. The van der Waals surface area contributed by atoms with E-state index in [0.717, 1.165) is 6.07 Å². The molecule has 23 heavy (non-hydrogen) atoms. The van der Waals surface area contributed by atoms with Gasteiger partial charge in [0.1, 0.15) is 16.2 Å². The second kappa shape index (κ2) is 5.68. The van der Waals surface area contributed by atoms with E-state index in [1.807, 2.05) is 0 Å². The minimum atomic E-state index is -4.42. The molecule has 0 N–H and O–H groups in total. The maximum atomic E-state index is 13.9. The van der Waals surface area contributed by atoms with Gasteiger partial charge in [-0.25, -0.2) is 9.18 Å². The molecule has 1 aromatic heterocycles. The van der Waals surface area contributed by atoms with Crippen LogP contribution in [0, 0.1) is 5.82 Å². The summed E-state index contributed by atoms with van der Waals surface area (Å²) in [5, 5.41) is 0.252. The quantitative estimate of drug-likeness (QED) is 0.532. The molecule has 118 valence electrons. The first-order valence-corrected chi connectivity index (χ1v) is 8.08. The molecular weight excluding hydrogens is 347 g/mol. The summed E-state index contributed by atoms with van der Waals surface area (Å²) in [6.07, 6.45) is 0. The molecule has 3 aromatic rings. The van der Waals surface area contributed by atoms with E-state index in [9.17, 15) is 17.6 Å². The third-order valence-corrected chi connectivity index (χ3v) is 4.54. The Balaban J connectivity index is 2.03. The monoisotopic (exact) mass is 354 g/mol. The zero-order valence-corrected chi connectivity index (χ0v) is 12.9. The van der Waals surface area contributed by atoms with Gasteiger partial charge in [-0.1, -0.05) is 17.7 Å². The van der Waals surface area contributed by atoms with E-state index >= 15 is 0 Å². The van der Waals surface area contributed by atoms with Gasteiger partial charge in [-0.2, -0.15) is 8.42 Å². The van der Waals surface area contributed by atoms with Crippen LogP contribution in [-0.4, -0.2) is 8.42 Å². The van der Waals surface area contributed by atoms with Gasteiger partial charge in [0.2, 0.25) is 0 Å². The van der Waals surface area contributed by atoms with E-state index < -0.39 is 26.5 Å². The van der Waals surface area contributed by atoms with Crippen molar-refractivity contribution in [3.8, 4) is 5.75 Å². The van der Waals surface area contributed by atoms with Gasteiger partial charge in [0.15, 0.2) is 5.82 Å². The molecule has 5 nitrogen and oxygen atoms in total. The minimum Gasteiger partial charge on any atom is -0.423 e. The Labute approximate surface area is 135 Å². The number of benzene rings is 2. The standard InChI is InChI=1S/C15H8ClFO5S/c16-11-2-1-3-13(15(11)17)23(19,20)22-10-6-4-9-5-7-14(18)21-12(9)8-10/h1-8H. The van der Waals surface area contributed by atoms with Crippen LogP contribution < -0.4 is 9.81 Å².